The van der Waals surface area contributed by atoms with Gasteiger partial charge in [0.15, 0.2) is 12.9 Å². The third-order valence-electron chi connectivity index (χ3n) is 4.00. The molecule has 142 valence electrons. The quantitative estimate of drug-likeness (QED) is 0.690. The summed E-state index contributed by atoms with van der Waals surface area (Å²) in [5.41, 5.74) is 2.06. The summed E-state index contributed by atoms with van der Waals surface area (Å²) in [6.07, 6.45) is 1.40. The van der Waals surface area contributed by atoms with E-state index in [2.05, 4.69) is 5.32 Å². The first-order chi connectivity index (χ1) is 13.0. The maximum atomic E-state index is 12.5. The van der Waals surface area contributed by atoms with E-state index in [1.165, 1.54) is 4.90 Å². The van der Waals surface area contributed by atoms with Crippen LogP contribution in [0.2, 0.25) is 0 Å². The second-order valence-corrected chi connectivity index (χ2v) is 6.12. The molecule has 2 rings (SSSR count). The van der Waals surface area contributed by atoms with Gasteiger partial charge in [-0.25, -0.2) is 0 Å². The summed E-state index contributed by atoms with van der Waals surface area (Å²) in [5.74, 6) is -0.224. The monoisotopic (exact) mass is 368 g/mol. The summed E-state index contributed by atoms with van der Waals surface area (Å²) in [5, 5.41) is 2.83. The Bertz CT molecular complexity index is 804. The molecule has 0 aliphatic heterocycles. The maximum absolute atomic E-state index is 12.5. The molecule has 0 spiro atoms. The van der Waals surface area contributed by atoms with Gasteiger partial charge in [0, 0.05) is 12.2 Å². The van der Waals surface area contributed by atoms with Crippen molar-refractivity contribution < 1.29 is 19.1 Å². The smallest absolute Gasteiger partial charge is 0.260 e. The number of carbonyl (C=O) groups excluding carboxylic acids is 3. The van der Waals surface area contributed by atoms with Crippen LogP contribution in [0.1, 0.15) is 29.3 Å². The van der Waals surface area contributed by atoms with Gasteiger partial charge in [0.05, 0.1) is 12.1 Å². The minimum Gasteiger partial charge on any atom is -0.483 e. The Labute approximate surface area is 159 Å². The summed E-state index contributed by atoms with van der Waals surface area (Å²) in [6.45, 7) is 3.99. The number of hydrogen-bond acceptors (Lipinski definition) is 4. The summed E-state index contributed by atoms with van der Waals surface area (Å²) < 4.78 is 5.48. The molecule has 0 aliphatic rings. The van der Waals surface area contributed by atoms with E-state index < -0.39 is 0 Å². The maximum Gasteiger partial charge on any atom is 0.260 e. The van der Waals surface area contributed by atoms with E-state index >= 15 is 0 Å². The third-order valence-corrected chi connectivity index (χ3v) is 4.00. The van der Waals surface area contributed by atoms with Crippen LogP contribution in [0.5, 0.6) is 5.75 Å². The number of amides is 2. The molecule has 0 radical (unpaired) electrons. The highest BCUT2D eigenvalue weighted by atomic mass is 16.5. The number of benzene rings is 2. The lowest BCUT2D eigenvalue weighted by Gasteiger charge is -2.22. The molecule has 0 saturated heterocycles. The molecular weight excluding hydrogens is 344 g/mol. The summed E-state index contributed by atoms with van der Waals surface area (Å²) in [4.78, 5) is 37.3. The van der Waals surface area contributed by atoms with Crippen LogP contribution < -0.4 is 10.1 Å². The average molecular weight is 368 g/mol. The zero-order valence-electron chi connectivity index (χ0n) is 15.6. The van der Waals surface area contributed by atoms with Crippen molar-refractivity contribution in [1.29, 1.82) is 0 Å². The van der Waals surface area contributed by atoms with Gasteiger partial charge in [0.2, 0.25) is 5.91 Å². The number of carbonyl (C=O) groups is 3. The molecule has 0 bridgehead atoms. The van der Waals surface area contributed by atoms with Gasteiger partial charge in [-0.3, -0.25) is 14.4 Å². The number of ether oxygens (including phenoxy) is 1. The molecule has 0 saturated carbocycles. The highest BCUT2D eigenvalue weighted by Crippen LogP contribution is 2.16. The van der Waals surface area contributed by atoms with Crippen molar-refractivity contribution in [2.24, 2.45) is 0 Å². The summed E-state index contributed by atoms with van der Waals surface area (Å²) in [6, 6.07) is 14.2. The predicted octanol–water partition coefficient (Wildman–Crippen LogP) is 3.06. The molecule has 6 heteroatoms. The SMILES string of the molecule is CCCN(CC(=O)Nc1ccccc1C)C(=O)COc1ccccc1C=O. The number of nitrogens with one attached hydrogen (secondary N) is 1. The lowest BCUT2D eigenvalue weighted by molar-refractivity contribution is -0.136. The summed E-state index contributed by atoms with van der Waals surface area (Å²) in [7, 11) is 0. The van der Waals surface area contributed by atoms with Crippen LogP contribution in [0.25, 0.3) is 0 Å². The second-order valence-electron chi connectivity index (χ2n) is 6.12. The molecule has 27 heavy (non-hydrogen) atoms. The number of aldehydes is 1. The van der Waals surface area contributed by atoms with Crippen molar-refractivity contribution in [3.05, 3.63) is 59.7 Å². The zero-order chi connectivity index (χ0) is 19.6. The molecule has 0 aromatic heterocycles. The molecule has 2 aromatic carbocycles. The van der Waals surface area contributed by atoms with Gasteiger partial charge in [-0.2, -0.15) is 0 Å². The average Bonchev–Trinajstić information content (AvgIpc) is 2.67. The van der Waals surface area contributed by atoms with Crippen molar-refractivity contribution in [3.63, 3.8) is 0 Å². The minimum absolute atomic E-state index is 0.0559. The fraction of sp³-hybridized carbons (Fsp3) is 0.286. The minimum atomic E-state index is -0.308. The lowest BCUT2D eigenvalue weighted by Crippen LogP contribution is -2.41. The molecule has 6 nitrogen and oxygen atoms in total. The van der Waals surface area contributed by atoms with Crippen LogP contribution in [0.4, 0.5) is 5.69 Å². The van der Waals surface area contributed by atoms with Crippen LogP contribution in [-0.2, 0) is 9.59 Å². The van der Waals surface area contributed by atoms with Gasteiger partial charge < -0.3 is 15.0 Å². The molecule has 0 heterocycles. The molecule has 1 N–H and O–H groups in total. The Hall–Kier alpha value is -3.15. The van der Waals surface area contributed by atoms with Gasteiger partial charge >= 0.3 is 0 Å². The number of para-hydroxylation sites is 2. The van der Waals surface area contributed by atoms with E-state index in [4.69, 9.17) is 4.74 Å². The molecule has 0 atom stereocenters. The van der Waals surface area contributed by atoms with Gasteiger partial charge in [-0.05, 0) is 37.1 Å². The van der Waals surface area contributed by atoms with Crippen LogP contribution in [0.3, 0.4) is 0 Å². The van der Waals surface area contributed by atoms with E-state index in [1.54, 1.807) is 24.3 Å². The predicted molar refractivity (Wildman–Crippen MR) is 104 cm³/mol. The first-order valence-electron chi connectivity index (χ1n) is 8.85. The molecule has 0 unspecified atom stereocenters. The highest BCUT2D eigenvalue weighted by Gasteiger charge is 2.18. The molecule has 0 aliphatic carbocycles. The number of hydrogen-bond donors (Lipinski definition) is 1. The van der Waals surface area contributed by atoms with Crippen molar-refractivity contribution in [2.75, 3.05) is 25.0 Å². The molecule has 2 amide bonds. The van der Waals surface area contributed by atoms with E-state index in [-0.39, 0.29) is 25.0 Å². The Morgan fingerprint density at radius 1 is 1.11 bits per heavy atom. The van der Waals surface area contributed by atoms with E-state index in [1.807, 2.05) is 38.1 Å². The lowest BCUT2D eigenvalue weighted by atomic mass is 10.2. The molecular formula is C21H24N2O4. The van der Waals surface area contributed by atoms with Gasteiger partial charge in [-0.1, -0.05) is 37.3 Å². The van der Waals surface area contributed by atoms with Crippen LogP contribution >= 0.6 is 0 Å². The molecule has 0 fully saturated rings. The van der Waals surface area contributed by atoms with Crippen molar-refractivity contribution in [1.82, 2.24) is 4.90 Å². The van der Waals surface area contributed by atoms with Crippen molar-refractivity contribution >= 4 is 23.8 Å². The number of anilines is 1. The van der Waals surface area contributed by atoms with Gasteiger partial charge in [0.25, 0.3) is 5.91 Å². The number of rotatable bonds is 9. The van der Waals surface area contributed by atoms with Crippen LogP contribution in [0, 0.1) is 6.92 Å². The van der Waals surface area contributed by atoms with Gasteiger partial charge in [-0.15, -0.1) is 0 Å². The second kappa shape index (κ2) is 10.1. The Kier molecular flexibility index (Phi) is 7.55. The Morgan fingerprint density at radius 3 is 2.52 bits per heavy atom. The first-order valence-corrected chi connectivity index (χ1v) is 8.85. The normalized spacial score (nSPS) is 10.1. The Morgan fingerprint density at radius 2 is 1.81 bits per heavy atom. The molecule has 2 aromatic rings. The standard InChI is InChI=1S/C21H24N2O4/c1-3-12-23(13-20(25)22-18-10-6-4-8-16(18)2)21(26)15-27-19-11-7-5-9-17(19)14-24/h4-11,14H,3,12-13,15H2,1-2H3,(H,22,25). The fourth-order valence-corrected chi connectivity index (χ4v) is 2.58. The zero-order valence-corrected chi connectivity index (χ0v) is 15.6. The largest absolute Gasteiger partial charge is 0.483 e. The van der Waals surface area contributed by atoms with Crippen LogP contribution in [0.15, 0.2) is 48.5 Å². The highest BCUT2D eigenvalue weighted by molar-refractivity contribution is 5.95. The van der Waals surface area contributed by atoms with Crippen molar-refractivity contribution in [3.8, 4) is 5.75 Å². The fourth-order valence-electron chi connectivity index (χ4n) is 2.58. The van der Waals surface area contributed by atoms with E-state index in [0.717, 1.165) is 11.3 Å². The van der Waals surface area contributed by atoms with E-state index in [0.29, 0.717) is 30.6 Å². The number of aryl methyl sites for hydroxylation is 1. The van der Waals surface area contributed by atoms with Gasteiger partial charge in [0.1, 0.15) is 5.75 Å². The first kappa shape index (κ1) is 20.2. The summed E-state index contributed by atoms with van der Waals surface area (Å²) >= 11 is 0. The topological polar surface area (TPSA) is 75.7 Å². The third kappa shape index (κ3) is 5.95. The van der Waals surface area contributed by atoms with Crippen molar-refractivity contribution in [2.45, 2.75) is 20.3 Å². The number of nitrogens with zero attached hydrogens (tertiary/aromatic N) is 1. The van der Waals surface area contributed by atoms with Crippen LogP contribution in [-0.4, -0.2) is 42.7 Å². The van der Waals surface area contributed by atoms with E-state index in [9.17, 15) is 14.4 Å². The Balaban J connectivity index is 1.96.